The lowest BCUT2D eigenvalue weighted by Gasteiger charge is -2.15. The van der Waals surface area contributed by atoms with Crippen LogP contribution in [0, 0.1) is 11.3 Å². The minimum absolute atomic E-state index is 0.165. The lowest BCUT2D eigenvalue weighted by Crippen LogP contribution is -2.29. The summed E-state index contributed by atoms with van der Waals surface area (Å²) in [5.41, 5.74) is 0.606. The van der Waals surface area contributed by atoms with Crippen molar-refractivity contribution >= 4 is 5.91 Å². The van der Waals surface area contributed by atoms with Gasteiger partial charge in [-0.1, -0.05) is 0 Å². The van der Waals surface area contributed by atoms with Gasteiger partial charge >= 0.3 is 0 Å². The topological polar surface area (TPSA) is 101 Å². The molecule has 7 nitrogen and oxygen atoms in total. The van der Waals surface area contributed by atoms with Gasteiger partial charge in [0.05, 0.1) is 33.3 Å². The van der Waals surface area contributed by atoms with Gasteiger partial charge in [0.1, 0.15) is 0 Å². The normalized spacial score (nSPS) is 9.62. The number of nitriles is 1. The number of benzene rings is 1. The van der Waals surface area contributed by atoms with Gasteiger partial charge in [0, 0.05) is 6.54 Å². The van der Waals surface area contributed by atoms with E-state index in [1.807, 2.05) is 6.07 Å². The number of hydrogen-bond donors (Lipinski definition) is 2. The van der Waals surface area contributed by atoms with Crippen molar-refractivity contribution in [2.45, 2.75) is 13.0 Å². The summed E-state index contributed by atoms with van der Waals surface area (Å²) in [7, 11) is 2.91. The van der Waals surface area contributed by atoms with Crippen LogP contribution in [0.15, 0.2) is 12.1 Å². The third-order valence-electron chi connectivity index (χ3n) is 2.61. The van der Waals surface area contributed by atoms with E-state index < -0.39 is 0 Å². The molecule has 0 spiro atoms. The van der Waals surface area contributed by atoms with Crippen LogP contribution in [0.1, 0.15) is 12.0 Å². The number of nitrogens with one attached hydrogen (secondary N) is 1. The van der Waals surface area contributed by atoms with Gasteiger partial charge in [0.25, 0.3) is 5.91 Å². The second-order valence-corrected chi connectivity index (χ2v) is 4.03. The van der Waals surface area contributed by atoms with Crippen molar-refractivity contribution in [3.8, 4) is 23.3 Å². The summed E-state index contributed by atoms with van der Waals surface area (Å²) in [6.07, 6.45) is 0.240. The highest BCUT2D eigenvalue weighted by atomic mass is 16.5. The summed E-state index contributed by atoms with van der Waals surface area (Å²) < 4.78 is 15.8. The largest absolute Gasteiger partial charge is 0.493 e. The number of aliphatic hydroxyl groups is 1. The van der Waals surface area contributed by atoms with Gasteiger partial charge in [-0.3, -0.25) is 4.79 Å². The third-order valence-corrected chi connectivity index (χ3v) is 2.61. The number of methoxy groups -OCH3 is 2. The Labute approximate surface area is 123 Å². The molecule has 0 radical (unpaired) electrons. The molecule has 0 bridgehead atoms. The summed E-state index contributed by atoms with van der Waals surface area (Å²) in [6.45, 7) is -0.116. The molecule has 1 aromatic carbocycles. The zero-order chi connectivity index (χ0) is 15.7. The van der Waals surface area contributed by atoms with Crippen LogP contribution in [0.2, 0.25) is 0 Å². The molecule has 0 fully saturated rings. The molecule has 0 aliphatic carbocycles. The molecule has 0 atom stereocenters. The van der Waals surface area contributed by atoms with Crippen molar-refractivity contribution in [2.24, 2.45) is 0 Å². The van der Waals surface area contributed by atoms with E-state index in [0.717, 1.165) is 0 Å². The van der Waals surface area contributed by atoms with Gasteiger partial charge in [0.15, 0.2) is 18.1 Å². The van der Waals surface area contributed by atoms with Gasteiger partial charge in [-0.25, -0.2) is 0 Å². The number of nitrogens with zero attached hydrogens (tertiary/aromatic N) is 1. The molecule has 2 N–H and O–H groups in total. The molecule has 1 aromatic rings. The Morgan fingerprint density at radius 3 is 2.43 bits per heavy atom. The predicted molar refractivity (Wildman–Crippen MR) is 74.2 cm³/mol. The molecule has 0 heterocycles. The lowest BCUT2D eigenvalue weighted by atomic mass is 10.2. The Morgan fingerprint density at radius 2 is 1.95 bits per heavy atom. The van der Waals surface area contributed by atoms with Crippen molar-refractivity contribution in [3.05, 3.63) is 17.7 Å². The Bertz CT molecular complexity index is 500. The molecule has 7 heteroatoms. The summed E-state index contributed by atoms with van der Waals surface area (Å²) in [4.78, 5) is 11.5. The first kappa shape index (κ1) is 16.6. The number of amides is 1. The van der Waals surface area contributed by atoms with Crippen LogP contribution in [0.5, 0.6) is 17.2 Å². The molecule has 21 heavy (non-hydrogen) atoms. The van der Waals surface area contributed by atoms with Crippen LogP contribution in [-0.2, 0) is 11.4 Å². The number of carbonyl (C=O) groups excluding carboxylic acids is 1. The second-order valence-electron chi connectivity index (χ2n) is 4.03. The van der Waals surface area contributed by atoms with Gasteiger partial charge in [0.2, 0.25) is 5.75 Å². The highest BCUT2D eigenvalue weighted by Crippen LogP contribution is 2.38. The maximum Gasteiger partial charge on any atom is 0.257 e. The third kappa shape index (κ3) is 4.85. The molecule has 0 aliphatic heterocycles. The summed E-state index contributed by atoms with van der Waals surface area (Å²) in [6, 6.07) is 5.13. The standard InChI is InChI=1S/C14H18N2O5/c1-19-11-6-10(8-17)7-12(20-2)14(11)21-9-13(18)16-5-3-4-15/h6-7,17H,3,5,8-9H2,1-2H3,(H,16,18). The van der Waals surface area contributed by atoms with E-state index in [2.05, 4.69) is 5.32 Å². The van der Waals surface area contributed by atoms with E-state index >= 15 is 0 Å². The number of aliphatic hydroxyl groups excluding tert-OH is 1. The summed E-state index contributed by atoms with van der Waals surface area (Å²) >= 11 is 0. The van der Waals surface area contributed by atoms with Crippen molar-refractivity contribution in [3.63, 3.8) is 0 Å². The van der Waals surface area contributed by atoms with Crippen LogP contribution in [0.4, 0.5) is 0 Å². The van der Waals surface area contributed by atoms with E-state index in [1.165, 1.54) is 14.2 Å². The molecular weight excluding hydrogens is 276 g/mol. The molecule has 1 rings (SSSR count). The fraction of sp³-hybridized carbons (Fsp3) is 0.429. The van der Waals surface area contributed by atoms with E-state index in [4.69, 9.17) is 24.6 Å². The molecule has 0 saturated carbocycles. The molecule has 114 valence electrons. The first-order chi connectivity index (χ1) is 10.2. The zero-order valence-electron chi connectivity index (χ0n) is 12.0. The van der Waals surface area contributed by atoms with Gasteiger partial charge in [-0.15, -0.1) is 0 Å². The van der Waals surface area contributed by atoms with Crippen LogP contribution < -0.4 is 19.5 Å². The van der Waals surface area contributed by atoms with Crippen molar-refractivity contribution in [1.29, 1.82) is 5.26 Å². The summed E-state index contributed by atoms with van der Waals surface area (Å²) in [5.74, 6) is 0.666. The molecule has 0 unspecified atom stereocenters. The Hall–Kier alpha value is -2.46. The molecule has 0 aromatic heterocycles. The van der Waals surface area contributed by atoms with E-state index in [0.29, 0.717) is 17.1 Å². The number of rotatable bonds is 8. The van der Waals surface area contributed by atoms with E-state index in [1.54, 1.807) is 12.1 Å². The van der Waals surface area contributed by atoms with Gasteiger partial charge in [-0.05, 0) is 17.7 Å². The van der Waals surface area contributed by atoms with Crippen molar-refractivity contribution in [2.75, 3.05) is 27.4 Å². The monoisotopic (exact) mass is 294 g/mol. The Morgan fingerprint density at radius 1 is 1.33 bits per heavy atom. The summed E-state index contributed by atoms with van der Waals surface area (Å²) in [5, 5.41) is 20.1. The first-order valence-electron chi connectivity index (χ1n) is 6.28. The van der Waals surface area contributed by atoms with Gasteiger partial charge in [-0.2, -0.15) is 5.26 Å². The van der Waals surface area contributed by atoms with Crippen LogP contribution in [-0.4, -0.2) is 38.4 Å². The second kappa shape index (κ2) is 8.66. The Balaban J connectivity index is 2.77. The first-order valence-corrected chi connectivity index (χ1v) is 6.28. The highest BCUT2D eigenvalue weighted by Gasteiger charge is 2.15. The van der Waals surface area contributed by atoms with E-state index in [-0.39, 0.29) is 37.8 Å². The lowest BCUT2D eigenvalue weighted by molar-refractivity contribution is -0.123. The average Bonchev–Trinajstić information content (AvgIpc) is 2.52. The maximum atomic E-state index is 11.5. The Kier molecular flexibility index (Phi) is 6.84. The van der Waals surface area contributed by atoms with Crippen LogP contribution in [0.3, 0.4) is 0 Å². The maximum absolute atomic E-state index is 11.5. The highest BCUT2D eigenvalue weighted by molar-refractivity contribution is 5.77. The van der Waals surface area contributed by atoms with Crippen LogP contribution in [0.25, 0.3) is 0 Å². The molecular formula is C14H18N2O5. The molecule has 0 aliphatic rings. The van der Waals surface area contributed by atoms with Crippen molar-refractivity contribution in [1.82, 2.24) is 5.32 Å². The van der Waals surface area contributed by atoms with Crippen molar-refractivity contribution < 1.29 is 24.1 Å². The number of hydrogen-bond acceptors (Lipinski definition) is 6. The number of ether oxygens (including phenoxy) is 3. The zero-order valence-corrected chi connectivity index (χ0v) is 12.0. The fourth-order valence-corrected chi connectivity index (χ4v) is 1.61. The predicted octanol–water partition coefficient (Wildman–Crippen LogP) is 0.605. The van der Waals surface area contributed by atoms with E-state index in [9.17, 15) is 4.79 Å². The molecule has 1 amide bonds. The smallest absolute Gasteiger partial charge is 0.257 e. The quantitative estimate of drug-likeness (QED) is 0.681. The number of carbonyl (C=O) groups is 1. The minimum atomic E-state index is -0.347. The van der Waals surface area contributed by atoms with Gasteiger partial charge < -0.3 is 24.6 Å². The molecule has 0 saturated heterocycles. The minimum Gasteiger partial charge on any atom is -0.493 e. The SMILES string of the molecule is COc1cc(CO)cc(OC)c1OCC(=O)NCCC#N. The van der Waals surface area contributed by atoms with Crippen LogP contribution >= 0.6 is 0 Å². The average molecular weight is 294 g/mol. The fourth-order valence-electron chi connectivity index (χ4n) is 1.61.